The van der Waals surface area contributed by atoms with E-state index in [2.05, 4.69) is 4.74 Å². The molecule has 0 fully saturated rings. The molecule has 0 bridgehead atoms. The number of hydrogen-bond donors (Lipinski definition) is 1. The lowest BCUT2D eigenvalue weighted by atomic mass is 10.1. The Balaban J connectivity index is 2.82. The number of nitriles is 1. The molecule has 5 nitrogen and oxygen atoms in total. The van der Waals surface area contributed by atoms with Crippen LogP contribution in [0.4, 0.5) is 0 Å². The number of esters is 1. The van der Waals surface area contributed by atoms with E-state index in [0.29, 0.717) is 5.56 Å². The minimum Gasteiger partial charge on any atom is -0.452 e. The normalized spacial score (nSPS) is 9.19. The smallest absolute Gasteiger partial charge is 0.338 e. The minimum atomic E-state index is -0.717. The fraction of sp³-hybridized carbons (Fsp3) is 0.182. The van der Waals surface area contributed by atoms with Gasteiger partial charge in [0.2, 0.25) is 0 Å². The molecule has 0 aromatic heterocycles. The van der Waals surface area contributed by atoms with Gasteiger partial charge in [-0.25, -0.2) is 4.79 Å². The van der Waals surface area contributed by atoms with E-state index in [0.717, 1.165) is 0 Å². The number of hydrogen-bond acceptors (Lipinski definition) is 4. The van der Waals surface area contributed by atoms with Crippen LogP contribution in [0.3, 0.4) is 0 Å². The average molecular weight is 218 g/mol. The number of rotatable bonds is 4. The number of benzene rings is 1. The standard InChI is InChI=1S/C11H10N2O3/c12-6-5-8-3-1-2-4-9(8)11(15)16-7-10(13)14/h1-4H,5,7H2,(H2,13,14). The predicted molar refractivity (Wildman–Crippen MR) is 55.2 cm³/mol. The lowest BCUT2D eigenvalue weighted by Gasteiger charge is -2.05. The van der Waals surface area contributed by atoms with Crippen molar-refractivity contribution in [3.8, 4) is 6.07 Å². The topological polar surface area (TPSA) is 93.2 Å². The second-order valence-corrected chi connectivity index (χ2v) is 3.03. The molecule has 5 heteroatoms. The van der Waals surface area contributed by atoms with Gasteiger partial charge in [0.1, 0.15) is 0 Å². The van der Waals surface area contributed by atoms with E-state index in [-0.39, 0.29) is 12.0 Å². The highest BCUT2D eigenvalue weighted by molar-refractivity contribution is 5.92. The Bertz CT molecular complexity index is 449. The number of carbonyl (C=O) groups is 2. The van der Waals surface area contributed by atoms with Crippen LogP contribution in [0, 0.1) is 11.3 Å². The van der Waals surface area contributed by atoms with Crippen LogP contribution in [0.2, 0.25) is 0 Å². The first-order chi connectivity index (χ1) is 7.65. The molecule has 0 saturated heterocycles. The largest absolute Gasteiger partial charge is 0.452 e. The van der Waals surface area contributed by atoms with Gasteiger partial charge in [-0.2, -0.15) is 5.26 Å². The molecule has 2 N–H and O–H groups in total. The van der Waals surface area contributed by atoms with Gasteiger partial charge in [-0.05, 0) is 11.6 Å². The van der Waals surface area contributed by atoms with E-state index in [4.69, 9.17) is 11.0 Å². The highest BCUT2D eigenvalue weighted by atomic mass is 16.5. The Kier molecular flexibility index (Phi) is 4.04. The Morgan fingerprint density at radius 1 is 1.38 bits per heavy atom. The predicted octanol–water partition coefficient (Wildman–Crippen LogP) is 0.395. The Hall–Kier alpha value is -2.35. The monoisotopic (exact) mass is 218 g/mol. The second-order valence-electron chi connectivity index (χ2n) is 3.03. The van der Waals surface area contributed by atoms with Gasteiger partial charge in [-0.1, -0.05) is 18.2 Å². The molecule has 0 aliphatic carbocycles. The number of amides is 1. The highest BCUT2D eigenvalue weighted by Crippen LogP contribution is 2.10. The van der Waals surface area contributed by atoms with Crippen LogP contribution in [0.15, 0.2) is 24.3 Å². The van der Waals surface area contributed by atoms with Crippen LogP contribution in [-0.2, 0) is 16.0 Å². The summed E-state index contributed by atoms with van der Waals surface area (Å²) in [5.74, 6) is -1.37. The quantitative estimate of drug-likeness (QED) is 0.740. The number of primary amides is 1. The molecule has 0 radical (unpaired) electrons. The molecule has 1 rings (SSSR count). The number of nitrogens with zero attached hydrogens (tertiary/aromatic N) is 1. The molecule has 1 amide bonds. The van der Waals surface area contributed by atoms with Crippen molar-refractivity contribution in [1.29, 1.82) is 5.26 Å². The molecule has 0 aliphatic rings. The number of ether oxygens (including phenoxy) is 1. The van der Waals surface area contributed by atoms with Crippen molar-refractivity contribution in [3.05, 3.63) is 35.4 Å². The minimum absolute atomic E-state index is 0.113. The summed E-state index contributed by atoms with van der Waals surface area (Å²) in [6.45, 7) is -0.459. The molecule has 82 valence electrons. The molecule has 0 heterocycles. The maximum Gasteiger partial charge on any atom is 0.338 e. The van der Waals surface area contributed by atoms with Crippen LogP contribution >= 0.6 is 0 Å². The third-order valence-electron chi connectivity index (χ3n) is 1.85. The van der Waals surface area contributed by atoms with Gasteiger partial charge in [0.05, 0.1) is 18.1 Å². The maximum absolute atomic E-state index is 11.5. The summed E-state index contributed by atoms with van der Waals surface area (Å²) in [6.07, 6.45) is 0.113. The van der Waals surface area contributed by atoms with Crippen molar-refractivity contribution < 1.29 is 14.3 Å². The van der Waals surface area contributed by atoms with Crippen molar-refractivity contribution in [2.75, 3.05) is 6.61 Å². The molecule has 0 unspecified atom stereocenters. The first-order valence-electron chi connectivity index (χ1n) is 4.55. The van der Waals surface area contributed by atoms with Gasteiger partial charge < -0.3 is 10.5 Å². The molecular weight excluding hydrogens is 208 g/mol. The van der Waals surface area contributed by atoms with Gasteiger partial charge in [0.25, 0.3) is 5.91 Å². The van der Waals surface area contributed by atoms with Crippen LogP contribution in [0.5, 0.6) is 0 Å². The molecule has 0 spiro atoms. The van der Waals surface area contributed by atoms with E-state index in [9.17, 15) is 9.59 Å². The zero-order valence-corrected chi connectivity index (χ0v) is 8.47. The summed E-state index contributed by atoms with van der Waals surface area (Å²) < 4.78 is 4.65. The van der Waals surface area contributed by atoms with Crippen LogP contribution in [-0.4, -0.2) is 18.5 Å². The third-order valence-corrected chi connectivity index (χ3v) is 1.85. The van der Waals surface area contributed by atoms with E-state index in [1.54, 1.807) is 18.2 Å². The van der Waals surface area contributed by atoms with Crippen molar-refractivity contribution in [2.45, 2.75) is 6.42 Å². The molecule has 1 aromatic rings. The van der Waals surface area contributed by atoms with Gasteiger partial charge in [-0.15, -0.1) is 0 Å². The Labute approximate surface area is 92.4 Å². The lowest BCUT2D eigenvalue weighted by molar-refractivity contribution is -0.121. The Morgan fingerprint density at radius 3 is 2.69 bits per heavy atom. The summed E-state index contributed by atoms with van der Waals surface area (Å²) >= 11 is 0. The molecule has 16 heavy (non-hydrogen) atoms. The average Bonchev–Trinajstić information content (AvgIpc) is 2.27. The molecule has 1 aromatic carbocycles. The third kappa shape index (κ3) is 3.10. The SMILES string of the molecule is N#CCc1ccccc1C(=O)OCC(N)=O. The van der Waals surface area contributed by atoms with E-state index in [1.807, 2.05) is 6.07 Å². The van der Waals surface area contributed by atoms with E-state index in [1.165, 1.54) is 6.07 Å². The molecule has 0 saturated carbocycles. The zero-order chi connectivity index (χ0) is 12.0. The van der Waals surface area contributed by atoms with Gasteiger partial charge in [-0.3, -0.25) is 4.79 Å². The number of nitrogens with two attached hydrogens (primary N) is 1. The number of carbonyl (C=O) groups excluding carboxylic acids is 2. The maximum atomic E-state index is 11.5. The summed E-state index contributed by atoms with van der Waals surface area (Å²) in [4.78, 5) is 21.9. The van der Waals surface area contributed by atoms with Crippen LogP contribution in [0.25, 0.3) is 0 Å². The van der Waals surface area contributed by atoms with Crippen LogP contribution < -0.4 is 5.73 Å². The van der Waals surface area contributed by atoms with Crippen molar-refractivity contribution >= 4 is 11.9 Å². The van der Waals surface area contributed by atoms with Gasteiger partial charge in [0.15, 0.2) is 6.61 Å². The van der Waals surface area contributed by atoms with Crippen molar-refractivity contribution in [1.82, 2.24) is 0 Å². The summed E-state index contributed by atoms with van der Waals surface area (Å²) in [5.41, 5.74) is 5.70. The second kappa shape index (κ2) is 5.51. The fourth-order valence-corrected chi connectivity index (χ4v) is 1.17. The fourth-order valence-electron chi connectivity index (χ4n) is 1.17. The van der Waals surface area contributed by atoms with E-state index < -0.39 is 18.5 Å². The summed E-state index contributed by atoms with van der Waals surface area (Å²) in [5, 5.41) is 8.57. The first-order valence-corrected chi connectivity index (χ1v) is 4.55. The molecular formula is C11H10N2O3. The Morgan fingerprint density at radius 2 is 2.06 bits per heavy atom. The van der Waals surface area contributed by atoms with E-state index >= 15 is 0 Å². The van der Waals surface area contributed by atoms with Crippen molar-refractivity contribution in [2.24, 2.45) is 5.73 Å². The van der Waals surface area contributed by atoms with Crippen molar-refractivity contribution in [3.63, 3.8) is 0 Å². The molecule has 0 atom stereocenters. The lowest BCUT2D eigenvalue weighted by Crippen LogP contribution is -2.21. The molecule has 0 aliphatic heterocycles. The van der Waals surface area contributed by atoms with Crippen LogP contribution in [0.1, 0.15) is 15.9 Å². The summed E-state index contributed by atoms with van der Waals surface area (Å²) in [7, 11) is 0. The summed E-state index contributed by atoms with van der Waals surface area (Å²) in [6, 6.07) is 8.51. The van der Waals surface area contributed by atoms with Gasteiger partial charge >= 0.3 is 5.97 Å². The first kappa shape index (κ1) is 11.7. The zero-order valence-electron chi connectivity index (χ0n) is 8.47. The highest BCUT2D eigenvalue weighted by Gasteiger charge is 2.12. The van der Waals surface area contributed by atoms with Gasteiger partial charge in [0, 0.05) is 0 Å².